The molecule has 0 saturated heterocycles. The van der Waals surface area contributed by atoms with Gasteiger partial charge in [-0.15, -0.1) is 0 Å². The monoisotopic (exact) mass is 464 g/mol. The van der Waals surface area contributed by atoms with Gasteiger partial charge in [-0.1, -0.05) is 29.5 Å². The molecule has 7 nitrogen and oxygen atoms in total. The summed E-state index contributed by atoms with van der Waals surface area (Å²) in [7, 11) is -3.74. The van der Waals surface area contributed by atoms with Crippen molar-refractivity contribution in [1.82, 2.24) is 4.57 Å². The summed E-state index contributed by atoms with van der Waals surface area (Å²) in [4.78, 5) is 17.3. The number of thioether (sulfide) groups is 1. The Labute approximate surface area is 182 Å². The summed E-state index contributed by atoms with van der Waals surface area (Å²) < 4.78 is 39.2. The van der Waals surface area contributed by atoms with Crippen LogP contribution in [0.4, 0.5) is 0 Å². The SMILES string of the molecule is CSCCn1c(=NC(=O)CS(=O)(=O)c2ccccc2)sc2cc3c(cc21)OCCO3. The van der Waals surface area contributed by atoms with Crippen LogP contribution in [-0.2, 0) is 21.2 Å². The predicted octanol–water partition coefficient (Wildman–Crippen LogP) is 2.74. The Bertz CT molecular complexity index is 1250. The van der Waals surface area contributed by atoms with Crippen molar-refractivity contribution in [3.05, 3.63) is 47.3 Å². The van der Waals surface area contributed by atoms with Gasteiger partial charge < -0.3 is 14.0 Å². The number of benzene rings is 2. The Morgan fingerprint density at radius 1 is 1.17 bits per heavy atom. The number of fused-ring (bicyclic) bond motifs is 2. The first-order valence-electron chi connectivity index (χ1n) is 9.25. The van der Waals surface area contributed by atoms with E-state index in [9.17, 15) is 13.2 Å². The van der Waals surface area contributed by atoms with Gasteiger partial charge in [0.1, 0.15) is 19.0 Å². The maximum atomic E-state index is 12.6. The van der Waals surface area contributed by atoms with E-state index >= 15 is 0 Å². The number of hydrogen-bond acceptors (Lipinski definition) is 7. The van der Waals surface area contributed by atoms with Crippen LogP contribution in [0.1, 0.15) is 0 Å². The summed E-state index contributed by atoms with van der Waals surface area (Å²) in [6.07, 6.45) is 2.00. The van der Waals surface area contributed by atoms with Crippen LogP contribution in [0.2, 0.25) is 0 Å². The fraction of sp³-hybridized carbons (Fsp3) is 0.300. The van der Waals surface area contributed by atoms with Crippen LogP contribution in [0.15, 0.2) is 52.4 Å². The number of amides is 1. The Hall–Kier alpha value is -2.30. The Kier molecular flexibility index (Phi) is 6.16. The topological polar surface area (TPSA) is 87.0 Å². The van der Waals surface area contributed by atoms with Crippen LogP contribution in [0, 0.1) is 0 Å². The molecule has 2 heterocycles. The van der Waals surface area contributed by atoms with E-state index in [2.05, 4.69) is 4.99 Å². The van der Waals surface area contributed by atoms with Gasteiger partial charge in [0.05, 0.1) is 15.1 Å². The molecule has 4 rings (SSSR count). The first kappa shape index (κ1) is 21.0. The van der Waals surface area contributed by atoms with Crippen LogP contribution >= 0.6 is 23.1 Å². The van der Waals surface area contributed by atoms with Gasteiger partial charge in [0.2, 0.25) is 0 Å². The fourth-order valence-corrected chi connectivity index (χ4v) is 5.68. The molecule has 1 aliphatic heterocycles. The number of thiazole rings is 1. The van der Waals surface area contributed by atoms with Crippen molar-refractivity contribution in [3.63, 3.8) is 0 Å². The van der Waals surface area contributed by atoms with Crippen molar-refractivity contribution in [2.24, 2.45) is 4.99 Å². The number of hydrogen-bond donors (Lipinski definition) is 0. The smallest absolute Gasteiger partial charge is 0.263 e. The molecule has 0 N–H and O–H groups in total. The highest BCUT2D eigenvalue weighted by Gasteiger charge is 2.20. The average Bonchev–Trinajstić information content (AvgIpc) is 3.06. The lowest BCUT2D eigenvalue weighted by atomic mass is 10.2. The van der Waals surface area contributed by atoms with Gasteiger partial charge in [0, 0.05) is 24.4 Å². The number of aryl methyl sites for hydroxylation is 1. The van der Waals surface area contributed by atoms with E-state index < -0.39 is 21.5 Å². The van der Waals surface area contributed by atoms with Crippen LogP contribution in [0.3, 0.4) is 0 Å². The quantitative estimate of drug-likeness (QED) is 0.558. The number of sulfone groups is 1. The summed E-state index contributed by atoms with van der Waals surface area (Å²) >= 11 is 3.01. The lowest BCUT2D eigenvalue weighted by Crippen LogP contribution is -2.21. The Balaban J connectivity index is 1.73. The molecule has 0 aliphatic carbocycles. The molecule has 0 bridgehead atoms. The van der Waals surface area contributed by atoms with Crippen molar-refractivity contribution in [1.29, 1.82) is 0 Å². The van der Waals surface area contributed by atoms with E-state index in [0.29, 0.717) is 36.1 Å². The summed E-state index contributed by atoms with van der Waals surface area (Å²) in [6, 6.07) is 11.7. The highest BCUT2D eigenvalue weighted by atomic mass is 32.2. The van der Waals surface area contributed by atoms with Crippen molar-refractivity contribution in [3.8, 4) is 11.5 Å². The number of aromatic nitrogens is 1. The van der Waals surface area contributed by atoms with Gasteiger partial charge in [0.15, 0.2) is 26.1 Å². The van der Waals surface area contributed by atoms with Crippen LogP contribution < -0.4 is 14.3 Å². The van der Waals surface area contributed by atoms with Crippen LogP contribution in [-0.4, -0.2) is 49.9 Å². The molecule has 0 unspecified atom stereocenters. The maximum absolute atomic E-state index is 12.6. The van der Waals surface area contributed by atoms with Crippen molar-refractivity contribution < 1.29 is 22.7 Å². The number of nitrogens with zero attached hydrogens (tertiary/aromatic N) is 2. The minimum Gasteiger partial charge on any atom is -0.486 e. The summed E-state index contributed by atoms with van der Waals surface area (Å²) in [5.74, 6) is 0.784. The van der Waals surface area contributed by atoms with E-state index in [1.54, 1.807) is 30.0 Å². The number of ether oxygens (including phenoxy) is 2. The lowest BCUT2D eigenvalue weighted by Gasteiger charge is -2.18. The number of carbonyl (C=O) groups is 1. The van der Waals surface area contributed by atoms with E-state index in [1.165, 1.54) is 23.5 Å². The average molecular weight is 465 g/mol. The molecule has 1 aromatic heterocycles. The molecule has 0 radical (unpaired) electrons. The molecule has 2 aromatic carbocycles. The molecule has 0 atom stereocenters. The third-order valence-electron chi connectivity index (χ3n) is 4.50. The maximum Gasteiger partial charge on any atom is 0.263 e. The van der Waals surface area contributed by atoms with Gasteiger partial charge in [0.25, 0.3) is 5.91 Å². The van der Waals surface area contributed by atoms with Gasteiger partial charge in [-0.2, -0.15) is 16.8 Å². The predicted molar refractivity (Wildman–Crippen MR) is 118 cm³/mol. The van der Waals surface area contributed by atoms with E-state index in [1.807, 2.05) is 23.0 Å². The summed E-state index contributed by atoms with van der Waals surface area (Å²) in [5.41, 5.74) is 0.885. The Morgan fingerprint density at radius 2 is 1.87 bits per heavy atom. The van der Waals surface area contributed by atoms with Crippen LogP contribution in [0.5, 0.6) is 11.5 Å². The van der Waals surface area contributed by atoms with Gasteiger partial charge in [-0.05, 0) is 18.4 Å². The lowest BCUT2D eigenvalue weighted by molar-refractivity contribution is -0.115. The zero-order valence-corrected chi connectivity index (χ0v) is 18.7. The molecule has 1 amide bonds. The van der Waals surface area contributed by atoms with Gasteiger partial charge in [-0.25, -0.2) is 8.42 Å². The second-order valence-corrected chi connectivity index (χ2v) is 10.6. The second kappa shape index (κ2) is 8.83. The molecule has 10 heteroatoms. The van der Waals surface area contributed by atoms with Crippen molar-refractivity contribution in [2.75, 3.05) is 31.0 Å². The zero-order chi connectivity index (χ0) is 21.1. The minimum absolute atomic E-state index is 0.113. The molecule has 158 valence electrons. The van der Waals surface area contributed by atoms with Crippen molar-refractivity contribution >= 4 is 49.1 Å². The van der Waals surface area contributed by atoms with Gasteiger partial charge in [-0.3, -0.25) is 4.79 Å². The normalized spacial score (nSPS) is 14.2. The number of carbonyl (C=O) groups excluding carboxylic acids is 1. The third kappa shape index (κ3) is 4.40. The molecular weight excluding hydrogens is 444 g/mol. The largest absolute Gasteiger partial charge is 0.486 e. The van der Waals surface area contributed by atoms with E-state index in [4.69, 9.17) is 9.47 Å². The molecule has 0 saturated carbocycles. The zero-order valence-electron chi connectivity index (χ0n) is 16.2. The summed E-state index contributed by atoms with van der Waals surface area (Å²) in [6.45, 7) is 1.61. The molecule has 0 spiro atoms. The highest BCUT2D eigenvalue weighted by Crippen LogP contribution is 2.35. The standard InChI is InChI=1S/C20H20N2O5S3/c1-28-10-7-22-15-11-16-17(27-9-8-26-16)12-18(15)29-20(22)21-19(23)13-30(24,25)14-5-3-2-4-6-14/h2-6,11-12H,7-10,13H2,1H3. The molecule has 30 heavy (non-hydrogen) atoms. The Morgan fingerprint density at radius 3 is 2.57 bits per heavy atom. The van der Waals surface area contributed by atoms with Crippen molar-refractivity contribution in [2.45, 2.75) is 11.4 Å². The minimum atomic E-state index is -3.74. The first-order valence-corrected chi connectivity index (χ1v) is 13.1. The number of rotatable bonds is 6. The van der Waals surface area contributed by atoms with E-state index in [-0.39, 0.29) is 4.90 Å². The highest BCUT2D eigenvalue weighted by molar-refractivity contribution is 7.98. The fourth-order valence-electron chi connectivity index (χ4n) is 3.10. The van der Waals surface area contributed by atoms with Gasteiger partial charge >= 0.3 is 0 Å². The molecule has 3 aromatic rings. The first-order chi connectivity index (χ1) is 14.5. The molecule has 0 fully saturated rings. The summed E-state index contributed by atoms with van der Waals surface area (Å²) in [5, 5.41) is 0. The van der Waals surface area contributed by atoms with E-state index in [0.717, 1.165) is 16.0 Å². The molecule has 1 aliphatic rings. The van der Waals surface area contributed by atoms with Crippen LogP contribution in [0.25, 0.3) is 10.2 Å². The third-order valence-corrected chi connectivity index (χ3v) is 7.75. The molecular formula is C20H20N2O5S3. The second-order valence-electron chi connectivity index (χ2n) is 6.57.